The topological polar surface area (TPSA) is 38.8 Å². The molecule has 0 spiro atoms. The van der Waals surface area contributed by atoms with E-state index in [1.165, 1.54) is 12.7 Å². The van der Waals surface area contributed by atoms with Crippen molar-refractivity contribution in [1.29, 1.82) is 0 Å². The average molecular weight is 263 g/mol. The highest BCUT2D eigenvalue weighted by atomic mass is 16.5. The van der Waals surface area contributed by atoms with Crippen LogP contribution in [0.3, 0.4) is 0 Å². The number of ether oxygens (including phenoxy) is 2. The van der Waals surface area contributed by atoms with Gasteiger partial charge < -0.3 is 9.47 Å². The summed E-state index contributed by atoms with van der Waals surface area (Å²) in [5.74, 6) is 0.811. The number of methoxy groups -OCH3 is 2. The monoisotopic (exact) mass is 263 g/mol. The summed E-state index contributed by atoms with van der Waals surface area (Å²) in [6.45, 7) is 2.70. The van der Waals surface area contributed by atoms with E-state index in [9.17, 15) is 4.79 Å². The zero-order valence-electron chi connectivity index (χ0n) is 11.6. The Kier molecular flexibility index (Phi) is 4.80. The number of piperidine rings is 1. The molecule has 4 nitrogen and oxygen atoms in total. The van der Waals surface area contributed by atoms with Gasteiger partial charge in [-0.1, -0.05) is 12.1 Å². The number of hydrogen-bond donors (Lipinski definition) is 0. The fourth-order valence-electron chi connectivity index (χ4n) is 2.55. The molecule has 1 aromatic rings. The van der Waals surface area contributed by atoms with Crippen LogP contribution in [0.15, 0.2) is 24.3 Å². The maximum Gasteiger partial charge on any atom is 0.309 e. The zero-order chi connectivity index (χ0) is 13.7. The number of likely N-dealkylation sites (tertiary alicyclic amines) is 1. The number of rotatable bonds is 4. The van der Waals surface area contributed by atoms with Crippen LogP contribution in [0.1, 0.15) is 18.4 Å². The summed E-state index contributed by atoms with van der Waals surface area (Å²) >= 11 is 0. The average Bonchev–Trinajstić information content (AvgIpc) is 2.47. The maximum atomic E-state index is 11.6. The van der Waals surface area contributed by atoms with Crippen molar-refractivity contribution in [3.63, 3.8) is 0 Å². The summed E-state index contributed by atoms with van der Waals surface area (Å²) in [7, 11) is 3.13. The first-order valence-electron chi connectivity index (χ1n) is 6.66. The lowest BCUT2D eigenvalue weighted by Gasteiger charge is -2.31. The summed E-state index contributed by atoms with van der Waals surface area (Å²) in [5.41, 5.74) is 1.24. The second-order valence-electron chi connectivity index (χ2n) is 4.95. The van der Waals surface area contributed by atoms with E-state index in [1.807, 2.05) is 12.1 Å². The molecule has 4 heteroatoms. The third-order valence-corrected chi connectivity index (χ3v) is 3.61. The Balaban J connectivity index is 1.92. The predicted octanol–water partition coefficient (Wildman–Crippen LogP) is 2.08. The van der Waals surface area contributed by atoms with E-state index in [0.717, 1.165) is 38.2 Å². The molecule has 1 aromatic carbocycles. The molecule has 1 aliphatic rings. The molecule has 19 heavy (non-hydrogen) atoms. The van der Waals surface area contributed by atoms with Gasteiger partial charge in [0.15, 0.2) is 0 Å². The van der Waals surface area contributed by atoms with Crippen LogP contribution in [0.25, 0.3) is 0 Å². The molecule has 1 saturated heterocycles. The van der Waals surface area contributed by atoms with E-state index >= 15 is 0 Å². The fraction of sp³-hybridized carbons (Fsp3) is 0.533. The Morgan fingerprint density at radius 2 is 2.05 bits per heavy atom. The molecule has 1 heterocycles. The van der Waals surface area contributed by atoms with Crippen molar-refractivity contribution in [3.05, 3.63) is 29.8 Å². The van der Waals surface area contributed by atoms with Crippen molar-refractivity contribution < 1.29 is 14.3 Å². The van der Waals surface area contributed by atoms with Gasteiger partial charge in [0.25, 0.3) is 0 Å². The Labute approximate surface area is 114 Å². The van der Waals surface area contributed by atoms with Crippen LogP contribution in [-0.4, -0.2) is 38.2 Å². The van der Waals surface area contributed by atoms with Crippen LogP contribution in [0, 0.1) is 5.92 Å². The van der Waals surface area contributed by atoms with Gasteiger partial charge in [0.2, 0.25) is 0 Å². The van der Waals surface area contributed by atoms with Gasteiger partial charge in [-0.05, 0) is 37.1 Å². The predicted molar refractivity (Wildman–Crippen MR) is 73.0 cm³/mol. The minimum Gasteiger partial charge on any atom is -0.497 e. The molecule has 0 unspecified atom stereocenters. The van der Waals surface area contributed by atoms with Gasteiger partial charge >= 0.3 is 5.97 Å². The summed E-state index contributed by atoms with van der Waals surface area (Å²) < 4.78 is 9.98. The van der Waals surface area contributed by atoms with Gasteiger partial charge in [0.05, 0.1) is 20.1 Å². The van der Waals surface area contributed by atoms with E-state index < -0.39 is 0 Å². The Morgan fingerprint density at radius 1 is 1.32 bits per heavy atom. The maximum absolute atomic E-state index is 11.6. The van der Waals surface area contributed by atoms with Crippen LogP contribution in [0.5, 0.6) is 5.75 Å². The van der Waals surface area contributed by atoms with Gasteiger partial charge in [-0.15, -0.1) is 0 Å². The summed E-state index contributed by atoms with van der Waals surface area (Å²) in [6.07, 6.45) is 1.99. The summed E-state index contributed by atoms with van der Waals surface area (Å²) in [6, 6.07) is 8.08. The number of carbonyl (C=O) groups is 1. The van der Waals surface area contributed by atoms with Gasteiger partial charge in [-0.25, -0.2) is 0 Å². The minimum absolute atomic E-state index is 0.0250. The fourth-order valence-corrected chi connectivity index (χ4v) is 2.55. The molecule has 2 rings (SSSR count). The van der Waals surface area contributed by atoms with Crippen molar-refractivity contribution in [3.8, 4) is 5.75 Å². The third kappa shape index (κ3) is 3.70. The van der Waals surface area contributed by atoms with E-state index in [4.69, 9.17) is 9.47 Å². The largest absolute Gasteiger partial charge is 0.497 e. The van der Waals surface area contributed by atoms with E-state index in [1.54, 1.807) is 7.11 Å². The molecule has 0 amide bonds. The van der Waals surface area contributed by atoms with E-state index in [-0.39, 0.29) is 11.9 Å². The van der Waals surface area contributed by atoms with Crippen LogP contribution < -0.4 is 4.74 Å². The Bertz CT molecular complexity index is 416. The lowest BCUT2D eigenvalue weighted by atomic mass is 9.98. The first-order valence-corrected chi connectivity index (χ1v) is 6.66. The van der Waals surface area contributed by atoms with E-state index in [0.29, 0.717) is 0 Å². The molecule has 1 aliphatic heterocycles. The number of hydrogen-bond acceptors (Lipinski definition) is 4. The highest BCUT2D eigenvalue weighted by Crippen LogP contribution is 2.20. The minimum atomic E-state index is -0.0839. The highest BCUT2D eigenvalue weighted by molar-refractivity contribution is 5.72. The van der Waals surface area contributed by atoms with Crippen molar-refractivity contribution in [2.24, 2.45) is 5.92 Å². The zero-order valence-corrected chi connectivity index (χ0v) is 11.6. The number of esters is 1. The smallest absolute Gasteiger partial charge is 0.309 e. The second-order valence-corrected chi connectivity index (χ2v) is 4.95. The first-order chi connectivity index (χ1) is 9.22. The van der Waals surface area contributed by atoms with Crippen molar-refractivity contribution >= 4 is 5.97 Å². The first kappa shape index (κ1) is 13.9. The Morgan fingerprint density at radius 3 is 2.68 bits per heavy atom. The molecule has 0 saturated carbocycles. The standard InChI is InChI=1S/C15H21NO3/c1-18-14-7-5-12(6-8-14)10-16-9-3-4-13(11-16)15(17)19-2/h5-8,13H,3-4,9-11H2,1-2H3/t13-/m0/s1. The van der Waals surface area contributed by atoms with Crippen LogP contribution in [0.4, 0.5) is 0 Å². The molecule has 104 valence electrons. The van der Waals surface area contributed by atoms with Gasteiger partial charge in [0, 0.05) is 13.1 Å². The van der Waals surface area contributed by atoms with Crippen LogP contribution >= 0.6 is 0 Å². The lowest BCUT2D eigenvalue weighted by Crippen LogP contribution is -2.38. The number of nitrogens with zero attached hydrogens (tertiary/aromatic N) is 1. The Hall–Kier alpha value is -1.55. The molecule has 0 aliphatic carbocycles. The van der Waals surface area contributed by atoms with E-state index in [2.05, 4.69) is 17.0 Å². The molecule has 0 N–H and O–H groups in total. The number of carbonyl (C=O) groups excluding carboxylic acids is 1. The third-order valence-electron chi connectivity index (χ3n) is 3.61. The van der Waals surface area contributed by atoms with Gasteiger partial charge in [-0.3, -0.25) is 9.69 Å². The van der Waals surface area contributed by atoms with Gasteiger partial charge in [-0.2, -0.15) is 0 Å². The van der Waals surface area contributed by atoms with Crippen LogP contribution in [-0.2, 0) is 16.1 Å². The quantitative estimate of drug-likeness (QED) is 0.780. The molecular weight excluding hydrogens is 242 g/mol. The highest BCUT2D eigenvalue weighted by Gasteiger charge is 2.26. The molecule has 0 radical (unpaired) electrons. The second kappa shape index (κ2) is 6.57. The SMILES string of the molecule is COC(=O)[C@H]1CCCN(Cc2ccc(OC)cc2)C1. The molecule has 1 fully saturated rings. The van der Waals surface area contributed by atoms with Gasteiger partial charge in [0.1, 0.15) is 5.75 Å². The molecular formula is C15H21NO3. The van der Waals surface area contributed by atoms with Crippen molar-refractivity contribution in [2.75, 3.05) is 27.3 Å². The lowest BCUT2D eigenvalue weighted by molar-refractivity contribution is -0.147. The number of benzene rings is 1. The summed E-state index contributed by atoms with van der Waals surface area (Å²) in [4.78, 5) is 13.9. The molecule has 1 atom stereocenters. The van der Waals surface area contributed by atoms with Crippen molar-refractivity contribution in [1.82, 2.24) is 4.90 Å². The van der Waals surface area contributed by atoms with Crippen molar-refractivity contribution in [2.45, 2.75) is 19.4 Å². The summed E-state index contributed by atoms with van der Waals surface area (Å²) in [5, 5.41) is 0. The molecule has 0 aromatic heterocycles. The normalized spacial score (nSPS) is 20.0. The van der Waals surface area contributed by atoms with Crippen LogP contribution in [0.2, 0.25) is 0 Å². The molecule has 0 bridgehead atoms.